The summed E-state index contributed by atoms with van der Waals surface area (Å²) in [5.74, 6) is -3.35. The third-order valence-corrected chi connectivity index (χ3v) is 13.4. The normalized spacial score (nSPS) is 19.5. The fourth-order valence-corrected chi connectivity index (χ4v) is 8.79. The molecule has 2 saturated heterocycles. The van der Waals surface area contributed by atoms with E-state index >= 15 is 0 Å². The van der Waals surface area contributed by atoms with Crippen molar-refractivity contribution >= 4 is 47.3 Å². The summed E-state index contributed by atoms with van der Waals surface area (Å²) >= 11 is 0. The van der Waals surface area contributed by atoms with Gasteiger partial charge >= 0.3 is 0 Å². The molecular weight excluding hydrogens is 917 g/mol. The van der Waals surface area contributed by atoms with E-state index in [-0.39, 0.29) is 60.7 Å². The van der Waals surface area contributed by atoms with E-state index in [4.69, 9.17) is 0 Å². The number of rotatable bonds is 20. The first kappa shape index (κ1) is 56.3. The second kappa shape index (κ2) is 25.1. The molecule has 72 heavy (non-hydrogen) atoms. The average Bonchev–Trinajstić information content (AvgIpc) is 3.98. The van der Waals surface area contributed by atoms with Gasteiger partial charge in [-0.05, 0) is 99.8 Å². The van der Waals surface area contributed by atoms with Crippen molar-refractivity contribution in [1.29, 1.82) is 0 Å². The number of likely N-dealkylation sites (N-methyl/N-ethyl adjacent to an activating group) is 2. The van der Waals surface area contributed by atoms with Crippen molar-refractivity contribution in [3.05, 3.63) is 107 Å². The van der Waals surface area contributed by atoms with Crippen LogP contribution in [-0.2, 0) is 41.6 Å². The molecule has 390 valence electrons. The van der Waals surface area contributed by atoms with Crippen molar-refractivity contribution in [1.82, 2.24) is 52.3 Å². The van der Waals surface area contributed by atoms with Crippen LogP contribution >= 0.6 is 0 Å². The van der Waals surface area contributed by atoms with Crippen molar-refractivity contribution in [2.24, 2.45) is 10.8 Å². The van der Waals surface area contributed by atoms with Gasteiger partial charge in [0, 0.05) is 49.4 Å². The lowest BCUT2D eigenvalue weighted by Gasteiger charge is -2.36. The first-order chi connectivity index (χ1) is 34.0. The lowest BCUT2D eigenvalue weighted by Crippen LogP contribution is -2.59. The number of nitrogens with one attached hydrogen (secondary N) is 8. The van der Waals surface area contributed by atoms with Gasteiger partial charge in [-0.3, -0.25) is 38.4 Å². The zero-order valence-electron chi connectivity index (χ0n) is 43.5. The van der Waals surface area contributed by atoms with Gasteiger partial charge in [-0.2, -0.15) is 0 Å². The van der Waals surface area contributed by atoms with Gasteiger partial charge < -0.3 is 52.3 Å². The number of benzene rings is 3. The molecular formula is C54H76N10O8. The van der Waals surface area contributed by atoms with E-state index in [9.17, 15) is 38.4 Å². The molecule has 5 rings (SSSR count). The number of hydrogen-bond acceptors (Lipinski definition) is 10. The average molecular weight is 993 g/mol. The predicted molar refractivity (Wildman–Crippen MR) is 275 cm³/mol. The molecule has 8 N–H and O–H groups in total. The van der Waals surface area contributed by atoms with Crippen molar-refractivity contribution in [2.75, 3.05) is 40.3 Å². The molecule has 0 saturated carbocycles. The molecule has 0 bridgehead atoms. The van der Waals surface area contributed by atoms with Gasteiger partial charge in [0.25, 0.3) is 11.8 Å². The summed E-state index contributed by atoms with van der Waals surface area (Å²) in [7, 11) is 3.29. The highest BCUT2D eigenvalue weighted by molar-refractivity contribution is 5.99. The monoisotopic (exact) mass is 993 g/mol. The van der Waals surface area contributed by atoms with Gasteiger partial charge in [0.15, 0.2) is 0 Å². The highest BCUT2D eigenvalue weighted by Crippen LogP contribution is 2.29. The summed E-state index contributed by atoms with van der Waals surface area (Å²) in [5.41, 5.74) is 1.08. The highest BCUT2D eigenvalue weighted by Gasteiger charge is 2.47. The van der Waals surface area contributed by atoms with E-state index in [0.29, 0.717) is 25.9 Å². The summed E-state index contributed by atoms with van der Waals surface area (Å²) in [5, 5.41) is 23.4. The topological polar surface area (TPSA) is 239 Å². The molecule has 18 heteroatoms. The molecule has 3 aromatic carbocycles. The Hall–Kier alpha value is -6.66. The minimum atomic E-state index is -0.977. The summed E-state index contributed by atoms with van der Waals surface area (Å²) in [6, 6.07) is 19.1. The van der Waals surface area contributed by atoms with Gasteiger partial charge in [-0.25, -0.2) is 0 Å². The summed E-state index contributed by atoms with van der Waals surface area (Å²) in [6.45, 7) is 15.0. The maximum absolute atomic E-state index is 14.4. The van der Waals surface area contributed by atoms with E-state index in [1.54, 1.807) is 27.9 Å². The van der Waals surface area contributed by atoms with Gasteiger partial charge in [0.05, 0.1) is 12.1 Å². The Labute approximate surface area is 424 Å². The van der Waals surface area contributed by atoms with Crippen molar-refractivity contribution in [2.45, 2.75) is 129 Å². The molecule has 2 aliphatic rings. The summed E-state index contributed by atoms with van der Waals surface area (Å²) in [6.07, 6.45) is 1.40. The quantitative estimate of drug-likeness (QED) is 0.0821. The molecule has 2 fully saturated rings. The van der Waals surface area contributed by atoms with Crippen LogP contribution in [0.25, 0.3) is 0 Å². The maximum Gasteiger partial charge on any atom is 0.251 e. The number of amides is 8. The molecule has 2 aliphatic heterocycles. The Bertz CT molecular complexity index is 2210. The smallest absolute Gasteiger partial charge is 0.251 e. The molecule has 0 aliphatic carbocycles. The molecule has 0 radical (unpaired) electrons. The fourth-order valence-electron chi connectivity index (χ4n) is 8.79. The minimum absolute atomic E-state index is 0.0107. The Kier molecular flexibility index (Phi) is 19.6. The van der Waals surface area contributed by atoms with E-state index in [1.165, 1.54) is 34.1 Å². The van der Waals surface area contributed by atoms with Crippen molar-refractivity contribution < 1.29 is 38.4 Å². The third-order valence-electron chi connectivity index (χ3n) is 13.4. The van der Waals surface area contributed by atoms with Crippen LogP contribution in [0.1, 0.15) is 100 Å². The van der Waals surface area contributed by atoms with Crippen LogP contribution in [-0.4, -0.2) is 146 Å². The minimum Gasteiger partial charge on any atom is -0.354 e. The first-order valence-electron chi connectivity index (χ1n) is 24.9. The van der Waals surface area contributed by atoms with Gasteiger partial charge in [0.2, 0.25) is 35.4 Å². The zero-order valence-corrected chi connectivity index (χ0v) is 43.5. The van der Waals surface area contributed by atoms with Gasteiger partial charge in [0.1, 0.15) is 24.2 Å². The molecule has 2 heterocycles. The van der Waals surface area contributed by atoms with Crippen LogP contribution in [0.15, 0.2) is 84.9 Å². The predicted octanol–water partition coefficient (Wildman–Crippen LogP) is 2.08. The first-order valence-corrected chi connectivity index (χ1v) is 24.9. The Morgan fingerprint density at radius 1 is 0.528 bits per heavy atom. The molecule has 0 aromatic heterocycles. The largest absolute Gasteiger partial charge is 0.354 e. The third kappa shape index (κ3) is 15.2. The maximum atomic E-state index is 14.4. The number of nitrogens with zero attached hydrogens (tertiary/aromatic N) is 2. The molecule has 8 atom stereocenters. The second-order valence-electron chi connectivity index (χ2n) is 21.1. The molecule has 3 aromatic rings. The second-order valence-corrected chi connectivity index (χ2v) is 21.1. The van der Waals surface area contributed by atoms with Gasteiger partial charge in [-0.15, -0.1) is 0 Å². The lowest BCUT2D eigenvalue weighted by molar-refractivity contribution is -0.144. The molecule has 0 unspecified atom stereocenters. The molecule has 8 amide bonds. The van der Waals surface area contributed by atoms with Crippen LogP contribution in [0.5, 0.6) is 0 Å². The Morgan fingerprint density at radius 2 is 0.861 bits per heavy atom. The van der Waals surface area contributed by atoms with E-state index in [0.717, 1.165) is 11.1 Å². The van der Waals surface area contributed by atoms with Crippen LogP contribution < -0.4 is 42.5 Å². The van der Waals surface area contributed by atoms with Crippen molar-refractivity contribution in [3.63, 3.8) is 0 Å². The zero-order chi connectivity index (χ0) is 52.9. The van der Waals surface area contributed by atoms with E-state index < -0.39 is 82.8 Å². The van der Waals surface area contributed by atoms with Crippen LogP contribution in [0.3, 0.4) is 0 Å². The highest BCUT2D eigenvalue weighted by atomic mass is 16.2. The number of hydrogen-bond donors (Lipinski definition) is 8. The van der Waals surface area contributed by atoms with Gasteiger partial charge in [-0.1, -0.05) is 102 Å². The molecule has 0 spiro atoms. The van der Waals surface area contributed by atoms with Crippen LogP contribution in [0.2, 0.25) is 0 Å². The van der Waals surface area contributed by atoms with Crippen molar-refractivity contribution in [3.8, 4) is 0 Å². The number of likely N-dealkylation sites (tertiary alicyclic amines) is 2. The van der Waals surface area contributed by atoms with E-state index in [2.05, 4.69) is 42.5 Å². The van der Waals surface area contributed by atoms with E-state index in [1.807, 2.05) is 102 Å². The fraction of sp³-hybridized carbons (Fsp3) is 0.519. The van der Waals surface area contributed by atoms with Crippen LogP contribution in [0.4, 0.5) is 0 Å². The number of carbonyl (C=O) groups excluding carboxylic acids is 8. The number of carbonyl (C=O) groups is 8. The Morgan fingerprint density at radius 3 is 1.17 bits per heavy atom. The standard InChI is InChI=1S/C54H76N10O8/c1-33(55-9)45(65)61-43(53(3,4)5)51(71)63-31-39(29-41(63)49(69)57-27-25-35-17-13-11-14-18-35)59-47(67)37-21-23-38(24-22-37)48(68)60-40-30-42(50(70)58-28-26-36-19-15-12-16-20-36)64(32-40)52(72)44(54(6,7)8)62-46(66)34(2)56-10/h11-24,33-34,39-44,55-56H,25-32H2,1-10H3,(H,57,69)(H,58,70)(H,59,67)(H,60,68)(H,61,65)(H,62,66)/t33-,34-,39-,40-,41-,42-,43+,44+/m0/s1. The molecule has 18 nitrogen and oxygen atoms in total. The lowest BCUT2D eigenvalue weighted by atomic mass is 9.85. The Balaban J connectivity index is 1.28. The SMILES string of the molecule is CN[C@@H](C)C(=O)N[C@H](C(=O)N1C[C@@H](NC(=O)c2ccc(C(=O)N[C@H]3C[C@@H](C(=O)NCCc4ccccc4)N(C(=O)[C@@H](NC(=O)[C@H](C)NC)C(C)(C)C)C3)cc2)C[C@H]1C(=O)NCCc1ccccc1)C(C)(C)C. The summed E-state index contributed by atoms with van der Waals surface area (Å²) < 4.78 is 0. The van der Waals surface area contributed by atoms with Crippen LogP contribution in [0, 0.1) is 10.8 Å². The summed E-state index contributed by atoms with van der Waals surface area (Å²) in [4.78, 5) is 113.